The van der Waals surface area contributed by atoms with E-state index in [1.165, 1.54) is 12.1 Å². The van der Waals surface area contributed by atoms with Crippen molar-refractivity contribution in [3.63, 3.8) is 0 Å². The second-order valence-corrected chi connectivity index (χ2v) is 5.69. The lowest BCUT2D eigenvalue weighted by atomic mass is 10.1. The van der Waals surface area contributed by atoms with Gasteiger partial charge in [0.15, 0.2) is 0 Å². The summed E-state index contributed by atoms with van der Waals surface area (Å²) in [5.74, 6) is -0.429. The van der Waals surface area contributed by atoms with Gasteiger partial charge in [-0.25, -0.2) is 12.8 Å². The van der Waals surface area contributed by atoms with E-state index in [9.17, 15) is 12.8 Å². The van der Waals surface area contributed by atoms with Gasteiger partial charge in [0.25, 0.3) is 0 Å². The number of pyridine rings is 1. The van der Waals surface area contributed by atoms with Gasteiger partial charge in [-0.15, -0.1) is 0 Å². The molecule has 0 aromatic carbocycles. The highest BCUT2D eigenvalue weighted by Crippen LogP contribution is 2.12. The zero-order valence-electron chi connectivity index (χ0n) is 8.35. The summed E-state index contributed by atoms with van der Waals surface area (Å²) in [6, 6.07) is 2.24. The maximum Gasteiger partial charge on any atom is 0.147 e. The Morgan fingerprint density at radius 1 is 1.53 bits per heavy atom. The highest BCUT2D eigenvalue weighted by Gasteiger charge is 2.11. The molecule has 0 fully saturated rings. The van der Waals surface area contributed by atoms with Crippen LogP contribution in [0.25, 0.3) is 0 Å². The second-order valence-electron chi connectivity index (χ2n) is 3.43. The first kappa shape index (κ1) is 12.1. The molecule has 1 unspecified atom stereocenters. The molecule has 2 N–H and O–H groups in total. The van der Waals surface area contributed by atoms with Crippen LogP contribution in [0.1, 0.15) is 18.2 Å². The Morgan fingerprint density at radius 2 is 2.20 bits per heavy atom. The predicted molar refractivity (Wildman–Crippen MR) is 55.5 cm³/mol. The molecule has 0 saturated carbocycles. The number of rotatable bonds is 4. The molecule has 1 aromatic rings. The minimum atomic E-state index is -3.02. The van der Waals surface area contributed by atoms with Crippen molar-refractivity contribution in [3.8, 4) is 0 Å². The number of aromatic nitrogens is 1. The highest BCUT2D eigenvalue weighted by molar-refractivity contribution is 7.90. The minimum Gasteiger partial charge on any atom is -0.323 e. The van der Waals surface area contributed by atoms with Crippen LogP contribution >= 0.6 is 0 Å². The highest BCUT2D eigenvalue weighted by atomic mass is 32.2. The Labute approximate surface area is 88.2 Å². The van der Waals surface area contributed by atoms with Gasteiger partial charge in [0.05, 0.1) is 17.6 Å². The summed E-state index contributed by atoms with van der Waals surface area (Å²) in [4.78, 5) is 3.78. The monoisotopic (exact) mass is 232 g/mol. The van der Waals surface area contributed by atoms with Crippen LogP contribution in [0.4, 0.5) is 4.39 Å². The fourth-order valence-electron chi connectivity index (χ4n) is 1.10. The molecule has 0 aliphatic heterocycles. The van der Waals surface area contributed by atoms with E-state index < -0.39 is 21.7 Å². The van der Waals surface area contributed by atoms with Crippen molar-refractivity contribution in [3.05, 3.63) is 29.8 Å². The third-order valence-corrected chi connectivity index (χ3v) is 2.91. The van der Waals surface area contributed by atoms with Crippen molar-refractivity contribution in [1.82, 2.24) is 4.98 Å². The molecule has 0 spiro atoms. The standard InChI is InChI=1S/C9H13FN2O2S/c1-15(13,14)5-4-8(11)9-3-2-7(10)6-12-9/h2-3,6,8H,4-5,11H2,1H3. The molecular formula is C9H13FN2O2S. The zero-order valence-corrected chi connectivity index (χ0v) is 9.17. The van der Waals surface area contributed by atoms with Crippen LogP contribution < -0.4 is 5.73 Å². The summed E-state index contributed by atoms with van der Waals surface area (Å²) in [6.45, 7) is 0. The summed E-state index contributed by atoms with van der Waals surface area (Å²) in [6.07, 6.45) is 2.50. The molecule has 0 aliphatic rings. The lowest BCUT2D eigenvalue weighted by molar-refractivity contribution is 0.586. The summed E-state index contributed by atoms with van der Waals surface area (Å²) in [5.41, 5.74) is 6.20. The molecular weight excluding hydrogens is 219 g/mol. The number of halogens is 1. The van der Waals surface area contributed by atoms with Crippen LogP contribution in [0, 0.1) is 5.82 Å². The minimum absolute atomic E-state index is 0.00717. The Kier molecular flexibility index (Phi) is 3.76. The van der Waals surface area contributed by atoms with Crippen molar-refractivity contribution in [2.24, 2.45) is 5.73 Å². The van der Waals surface area contributed by atoms with Crippen molar-refractivity contribution >= 4 is 9.84 Å². The fourth-order valence-corrected chi connectivity index (χ4v) is 1.78. The maximum absolute atomic E-state index is 12.5. The van der Waals surface area contributed by atoms with E-state index in [1.54, 1.807) is 0 Å². The molecule has 0 bridgehead atoms. The van der Waals surface area contributed by atoms with Gasteiger partial charge in [-0.3, -0.25) is 4.98 Å². The van der Waals surface area contributed by atoms with Crippen LogP contribution in [0.15, 0.2) is 18.3 Å². The smallest absolute Gasteiger partial charge is 0.147 e. The molecule has 0 amide bonds. The average molecular weight is 232 g/mol. The molecule has 4 nitrogen and oxygen atoms in total. The van der Waals surface area contributed by atoms with E-state index in [4.69, 9.17) is 5.73 Å². The lowest BCUT2D eigenvalue weighted by Gasteiger charge is -2.09. The van der Waals surface area contributed by atoms with Gasteiger partial charge in [-0.1, -0.05) is 0 Å². The predicted octanol–water partition coefficient (Wildman–Crippen LogP) is 0.655. The van der Waals surface area contributed by atoms with Crippen LogP contribution in [0.3, 0.4) is 0 Å². The van der Waals surface area contributed by atoms with Gasteiger partial charge in [-0.05, 0) is 18.6 Å². The van der Waals surface area contributed by atoms with Gasteiger partial charge in [0, 0.05) is 12.3 Å². The first-order valence-corrected chi connectivity index (χ1v) is 6.49. The third-order valence-electron chi connectivity index (χ3n) is 1.93. The first-order valence-electron chi connectivity index (χ1n) is 4.43. The van der Waals surface area contributed by atoms with E-state index in [2.05, 4.69) is 4.98 Å². The molecule has 1 rings (SSSR count). The van der Waals surface area contributed by atoms with Gasteiger partial charge in [-0.2, -0.15) is 0 Å². The first-order chi connectivity index (χ1) is 6.88. The Bertz CT molecular complexity index is 416. The van der Waals surface area contributed by atoms with E-state index in [1.807, 2.05) is 0 Å². The van der Waals surface area contributed by atoms with Gasteiger partial charge >= 0.3 is 0 Å². The summed E-state index contributed by atoms with van der Waals surface area (Å²) >= 11 is 0. The number of sulfone groups is 1. The molecule has 15 heavy (non-hydrogen) atoms. The SMILES string of the molecule is CS(=O)(=O)CCC(N)c1ccc(F)cn1. The summed E-state index contributed by atoms with van der Waals surface area (Å²) in [7, 11) is -3.02. The topological polar surface area (TPSA) is 73.0 Å². The van der Waals surface area contributed by atoms with Gasteiger partial charge < -0.3 is 5.73 Å². The number of hydrogen-bond donors (Lipinski definition) is 1. The largest absolute Gasteiger partial charge is 0.323 e. The van der Waals surface area contributed by atoms with Crippen molar-refractivity contribution in [2.75, 3.05) is 12.0 Å². The van der Waals surface area contributed by atoms with E-state index >= 15 is 0 Å². The molecule has 0 radical (unpaired) electrons. The number of nitrogens with zero attached hydrogens (tertiary/aromatic N) is 1. The van der Waals surface area contributed by atoms with Gasteiger partial charge in [0.2, 0.25) is 0 Å². The molecule has 1 aromatic heterocycles. The zero-order chi connectivity index (χ0) is 11.5. The molecule has 84 valence electrons. The van der Waals surface area contributed by atoms with Crippen LogP contribution in [-0.4, -0.2) is 25.4 Å². The lowest BCUT2D eigenvalue weighted by Crippen LogP contribution is -2.16. The molecule has 1 heterocycles. The molecule has 1 atom stereocenters. The quantitative estimate of drug-likeness (QED) is 0.827. The van der Waals surface area contributed by atoms with E-state index in [0.717, 1.165) is 12.5 Å². The molecule has 0 saturated heterocycles. The van der Waals surface area contributed by atoms with Gasteiger partial charge in [0.1, 0.15) is 15.7 Å². The van der Waals surface area contributed by atoms with E-state index in [-0.39, 0.29) is 12.2 Å². The van der Waals surface area contributed by atoms with Crippen molar-refractivity contribution in [2.45, 2.75) is 12.5 Å². The molecule has 6 heteroatoms. The summed E-state index contributed by atoms with van der Waals surface area (Å²) < 4.78 is 34.3. The Hall–Kier alpha value is -1.01. The Balaban J connectivity index is 2.61. The maximum atomic E-state index is 12.5. The van der Waals surface area contributed by atoms with Crippen molar-refractivity contribution in [1.29, 1.82) is 0 Å². The average Bonchev–Trinajstić information content (AvgIpc) is 2.14. The van der Waals surface area contributed by atoms with Crippen LogP contribution in [0.5, 0.6) is 0 Å². The Morgan fingerprint density at radius 3 is 2.67 bits per heavy atom. The number of nitrogens with two attached hydrogens (primary N) is 1. The van der Waals surface area contributed by atoms with Crippen molar-refractivity contribution < 1.29 is 12.8 Å². The van der Waals surface area contributed by atoms with Crippen LogP contribution in [0.2, 0.25) is 0 Å². The third kappa shape index (κ3) is 4.35. The fraction of sp³-hybridized carbons (Fsp3) is 0.444. The second kappa shape index (κ2) is 4.67. The molecule has 0 aliphatic carbocycles. The van der Waals surface area contributed by atoms with Crippen LogP contribution in [-0.2, 0) is 9.84 Å². The summed E-state index contributed by atoms with van der Waals surface area (Å²) in [5, 5.41) is 0. The van der Waals surface area contributed by atoms with E-state index in [0.29, 0.717) is 5.69 Å². The number of hydrogen-bond acceptors (Lipinski definition) is 4. The normalized spacial score (nSPS) is 13.8.